The van der Waals surface area contributed by atoms with Gasteiger partial charge in [0.2, 0.25) is 0 Å². The number of carbonyl (C=O) groups excluding carboxylic acids is 1. The molecule has 1 N–H and O–H groups in total. The van der Waals surface area contributed by atoms with E-state index in [2.05, 4.69) is 29.0 Å². The Morgan fingerprint density at radius 3 is 2.78 bits per heavy atom. The van der Waals surface area contributed by atoms with E-state index in [-0.39, 0.29) is 6.09 Å². The fourth-order valence-electron chi connectivity index (χ4n) is 3.33. The molecule has 146 valence electrons. The van der Waals surface area contributed by atoms with E-state index in [9.17, 15) is 9.90 Å². The van der Waals surface area contributed by atoms with Crippen LogP contribution in [0.5, 0.6) is 0 Å². The number of aromatic nitrogens is 2. The third-order valence-corrected chi connectivity index (χ3v) is 4.75. The van der Waals surface area contributed by atoms with E-state index in [0.717, 1.165) is 23.3 Å². The number of amides is 1. The summed E-state index contributed by atoms with van der Waals surface area (Å²) in [6.07, 6.45) is 9.07. The van der Waals surface area contributed by atoms with Crippen molar-refractivity contribution in [3.8, 4) is 0 Å². The van der Waals surface area contributed by atoms with Crippen LogP contribution in [0.25, 0.3) is 0 Å². The zero-order valence-corrected chi connectivity index (χ0v) is 16.6. The van der Waals surface area contributed by atoms with Crippen LogP contribution in [0, 0.1) is 5.92 Å². The summed E-state index contributed by atoms with van der Waals surface area (Å²) in [7, 11) is 0. The molecule has 1 aromatic heterocycles. The Kier molecular flexibility index (Phi) is 5.65. The molecule has 1 aliphatic heterocycles. The van der Waals surface area contributed by atoms with Gasteiger partial charge in [0.25, 0.3) is 0 Å². The molecule has 1 aromatic rings. The van der Waals surface area contributed by atoms with Gasteiger partial charge in [-0.25, -0.2) is 14.8 Å². The predicted molar refractivity (Wildman–Crippen MR) is 103 cm³/mol. The van der Waals surface area contributed by atoms with Gasteiger partial charge >= 0.3 is 6.09 Å². The molecule has 0 bridgehead atoms. The molecule has 27 heavy (non-hydrogen) atoms. The molecule has 1 aliphatic carbocycles. The first kappa shape index (κ1) is 19.5. The molecule has 2 unspecified atom stereocenters. The average molecular weight is 371 g/mol. The van der Waals surface area contributed by atoms with Crippen molar-refractivity contribution in [2.24, 2.45) is 5.92 Å². The Hall–Kier alpha value is -2.21. The molecule has 0 aromatic carbocycles. The van der Waals surface area contributed by atoms with Crippen molar-refractivity contribution in [2.45, 2.75) is 58.7 Å². The minimum absolute atomic E-state index is 0.296. The SMILES string of the molecule is CC1C=C(C(O)c2ncc3c(n2)CCN(C(=O)OC(C)(C)C)CC3)C=CC1. The summed E-state index contributed by atoms with van der Waals surface area (Å²) in [5, 5.41) is 10.7. The number of aliphatic hydroxyl groups excluding tert-OH is 1. The minimum Gasteiger partial charge on any atom is -0.444 e. The first-order valence-electron chi connectivity index (χ1n) is 9.62. The maximum atomic E-state index is 12.3. The fraction of sp³-hybridized carbons (Fsp3) is 0.571. The van der Waals surface area contributed by atoms with Crippen LogP contribution in [-0.4, -0.2) is 44.8 Å². The summed E-state index contributed by atoms with van der Waals surface area (Å²) < 4.78 is 5.48. The van der Waals surface area contributed by atoms with E-state index in [0.29, 0.717) is 37.7 Å². The lowest BCUT2D eigenvalue weighted by Crippen LogP contribution is -2.38. The molecule has 0 saturated heterocycles. The second kappa shape index (κ2) is 7.80. The Balaban J connectivity index is 1.72. The summed E-state index contributed by atoms with van der Waals surface area (Å²) in [6, 6.07) is 0. The number of hydrogen-bond acceptors (Lipinski definition) is 5. The van der Waals surface area contributed by atoms with Crippen molar-refractivity contribution in [1.82, 2.24) is 14.9 Å². The van der Waals surface area contributed by atoms with Gasteiger partial charge in [-0.2, -0.15) is 0 Å². The topological polar surface area (TPSA) is 75.6 Å². The maximum Gasteiger partial charge on any atom is 0.410 e. The Bertz CT molecular complexity index is 764. The second-order valence-corrected chi connectivity index (χ2v) is 8.35. The van der Waals surface area contributed by atoms with Crippen molar-refractivity contribution >= 4 is 6.09 Å². The summed E-state index contributed by atoms with van der Waals surface area (Å²) in [4.78, 5) is 23.1. The second-order valence-electron chi connectivity index (χ2n) is 8.35. The van der Waals surface area contributed by atoms with E-state index in [1.165, 1.54) is 0 Å². The van der Waals surface area contributed by atoms with Gasteiger partial charge in [0, 0.05) is 31.4 Å². The minimum atomic E-state index is -0.820. The van der Waals surface area contributed by atoms with Gasteiger partial charge in [0.15, 0.2) is 5.82 Å². The molecule has 6 heteroatoms. The molecule has 0 spiro atoms. The number of hydrogen-bond donors (Lipinski definition) is 1. The third kappa shape index (κ3) is 4.95. The zero-order chi connectivity index (χ0) is 19.6. The predicted octanol–water partition coefficient (Wildman–Crippen LogP) is 3.37. The van der Waals surface area contributed by atoms with E-state index in [4.69, 9.17) is 4.74 Å². The van der Waals surface area contributed by atoms with Gasteiger partial charge in [-0.1, -0.05) is 25.2 Å². The number of nitrogens with zero attached hydrogens (tertiary/aromatic N) is 3. The molecular weight excluding hydrogens is 342 g/mol. The van der Waals surface area contributed by atoms with Crippen LogP contribution >= 0.6 is 0 Å². The van der Waals surface area contributed by atoms with Crippen molar-refractivity contribution in [3.63, 3.8) is 0 Å². The van der Waals surface area contributed by atoms with Crippen LogP contribution in [0.4, 0.5) is 4.79 Å². The average Bonchev–Trinajstić information content (AvgIpc) is 2.81. The summed E-state index contributed by atoms with van der Waals surface area (Å²) >= 11 is 0. The first-order valence-corrected chi connectivity index (χ1v) is 9.62. The van der Waals surface area contributed by atoms with Crippen LogP contribution in [0.3, 0.4) is 0 Å². The number of allylic oxidation sites excluding steroid dienone is 2. The zero-order valence-electron chi connectivity index (χ0n) is 16.6. The van der Waals surface area contributed by atoms with Gasteiger partial charge in [0.1, 0.15) is 11.7 Å². The first-order chi connectivity index (χ1) is 12.7. The smallest absolute Gasteiger partial charge is 0.410 e. The molecule has 6 nitrogen and oxygen atoms in total. The third-order valence-electron chi connectivity index (χ3n) is 4.75. The van der Waals surface area contributed by atoms with Crippen molar-refractivity contribution < 1.29 is 14.6 Å². The standard InChI is InChI=1S/C21H29N3O3/c1-14-6-5-7-15(12-14)18(25)19-22-13-16-8-10-24(11-9-17(16)23-19)20(26)27-21(2,3)4/h5,7,12-14,18,25H,6,8-11H2,1-4H3. The van der Waals surface area contributed by atoms with Crippen LogP contribution in [0.15, 0.2) is 30.0 Å². The van der Waals surface area contributed by atoms with Crippen molar-refractivity contribution in [3.05, 3.63) is 47.1 Å². The highest BCUT2D eigenvalue weighted by Crippen LogP contribution is 2.27. The van der Waals surface area contributed by atoms with E-state index in [1.807, 2.05) is 26.8 Å². The maximum absolute atomic E-state index is 12.3. The van der Waals surface area contributed by atoms with Crippen molar-refractivity contribution in [1.29, 1.82) is 0 Å². The van der Waals surface area contributed by atoms with Crippen LogP contribution < -0.4 is 0 Å². The molecule has 0 saturated carbocycles. The van der Waals surface area contributed by atoms with Gasteiger partial charge in [0.05, 0.1) is 0 Å². The number of rotatable bonds is 2. The summed E-state index contributed by atoms with van der Waals surface area (Å²) in [5.41, 5.74) is 2.26. The molecule has 2 atom stereocenters. The Labute approximate surface area is 161 Å². The molecule has 0 radical (unpaired) electrons. The molecule has 1 amide bonds. The molecule has 0 fully saturated rings. The fourth-order valence-corrected chi connectivity index (χ4v) is 3.33. The quantitative estimate of drug-likeness (QED) is 0.863. The van der Waals surface area contributed by atoms with Gasteiger partial charge in [-0.05, 0) is 50.7 Å². The van der Waals surface area contributed by atoms with Crippen LogP contribution in [0.1, 0.15) is 57.3 Å². The largest absolute Gasteiger partial charge is 0.444 e. The van der Waals surface area contributed by atoms with Crippen LogP contribution in [-0.2, 0) is 17.6 Å². The van der Waals surface area contributed by atoms with E-state index >= 15 is 0 Å². The lowest BCUT2D eigenvalue weighted by Gasteiger charge is -2.26. The number of aliphatic hydroxyl groups is 1. The van der Waals surface area contributed by atoms with E-state index < -0.39 is 11.7 Å². The molecular formula is C21H29N3O3. The van der Waals surface area contributed by atoms with E-state index in [1.54, 1.807) is 11.1 Å². The summed E-state index contributed by atoms with van der Waals surface area (Å²) in [5.74, 6) is 0.826. The monoisotopic (exact) mass is 371 g/mol. The Morgan fingerprint density at radius 2 is 2.07 bits per heavy atom. The Morgan fingerprint density at radius 1 is 1.33 bits per heavy atom. The number of carbonyl (C=O) groups is 1. The summed E-state index contributed by atoms with van der Waals surface area (Å²) in [6.45, 7) is 8.86. The van der Waals surface area contributed by atoms with Gasteiger partial charge in [-0.15, -0.1) is 0 Å². The highest BCUT2D eigenvalue weighted by Gasteiger charge is 2.26. The van der Waals surface area contributed by atoms with Gasteiger partial charge < -0.3 is 14.7 Å². The van der Waals surface area contributed by atoms with Crippen LogP contribution in [0.2, 0.25) is 0 Å². The number of fused-ring (bicyclic) bond motifs is 1. The normalized spacial score (nSPS) is 21.1. The van der Waals surface area contributed by atoms with Gasteiger partial charge in [-0.3, -0.25) is 0 Å². The highest BCUT2D eigenvalue weighted by molar-refractivity contribution is 5.68. The lowest BCUT2D eigenvalue weighted by atomic mass is 9.94. The van der Waals surface area contributed by atoms with Crippen molar-refractivity contribution in [2.75, 3.05) is 13.1 Å². The molecule has 2 aliphatic rings. The number of ether oxygens (including phenoxy) is 1. The lowest BCUT2D eigenvalue weighted by molar-refractivity contribution is 0.0258. The highest BCUT2D eigenvalue weighted by atomic mass is 16.6. The molecule has 3 rings (SSSR count). The molecule has 2 heterocycles.